The molecule has 0 aliphatic heterocycles. The third-order valence-corrected chi connectivity index (χ3v) is 3.29. The monoisotopic (exact) mass is 234 g/mol. The molecule has 5 nitrogen and oxygen atoms in total. The first-order valence-electron chi connectivity index (χ1n) is 5.99. The average Bonchev–Trinajstić information content (AvgIpc) is 2.29. The molecule has 0 unspecified atom stereocenters. The van der Waals surface area contributed by atoms with Gasteiger partial charge in [-0.25, -0.2) is 9.97 Å². The summed E-state index contributed by atoms with van der Waals surface area (Å²) in [5.41, 5.74) is 6.26. The van der Waals surface area contributed by atoms with E-state index >= 15 is 0 Å². The van der Waals surface area contributed by atoms with Crippen LogP contribution in [0, 0.1) is 12.8 Å². The van der Waals surface area contributed by atoms with Gasteiger partial charge in [0.2, 0.25) is 5.91 Å². The van der Waals surface area contributed by atoms with E-state index in [2.05, 4.69) is 15.3 Å². The van der Waals surface area contributed by atoms with Crippen molar-refractivity contribution >= 4 is 11.7 Å². The number of aryl methyl sites for hydroxylation is 1. The Bertz CT molecular complexity index is 399. The lowest BCUT2D eigenvalue weighted by Gasteiger charge is -2.27. The largest absolute Gasteiger partial charge is 0.369 e. The van der Waals surface area contributed by atoms with E-state index < -0.39 is 0 Å². The van der Waals surface area contributed by atoms with Crippen molar-refractivity contribution < 1.29 is 4.79 Å². The fourth-order valence-electron chi connectivity index (χ4n) is 2.26. The zero-order valence-corrected chi connectivity index (χ0v) is 10.0. The average molecular weight is 234 g/mol. The number of hydrogen-bond acceptors (Lipinski definition) is 4. The second-order valence-electron chi connectivity index (χ2n) is 4.64. The minimum absolute atomic E-state index is 0.0557. The number of anilines is 1. The molecule has 0 atom stereocenters. The topological polar surface area (TPSA) is 80.9 Å². The van der Waals surface area contributed by atoms with Gasteiger partial charge in [-0.2, -0.15) is 0 Å². The molecule has 2 rings (SSSR count). The van der Waals surface area contributed by atoms with E-state index in [9.17, 15) is 4.79 Å². The van der Waals surface area contributed by atoms with Gasteiger partial charge in [-0.05, 0) is 32.6 Å². The molecule has 1 aromatic rings. The Morgan fingerprint density at radius 3 is 2.65 bits per heavy atom. The van der Waals surface area contributed by atoms with Crippen molar-refractivity contribution in [2.24, 2.45) is 11.7 Å². The van der Waals surface area contributed by atoms with Gasteiger partial charge in [-0.1, -0.05) is 0 Å². The van der Waals surface area contributed by atoms with Crippen LogP contribution in [0.15, 0.2) is 12.4 Å². The number of nitrogens with two attached hydrogens (primary N) is 1. The Morgan fingerprint density at radius 2 is 2.06 bits per heavy atom. The molecule has 0 aromatic carbocycles. The molecule has 1 amide bonds. The van der Waals surface area contributed by atoms with Crippen LogP contribution in [0.5, 0.6) is 0 Å². The van der Waals surface area contributed by atoms with Crippen LogP contribution in [-0.2, 0) is 4.79 Å². The van der Waals surface area contributed by atoms with E-state index in [0.29, 0.717) is 6.04 Å². The Morgan fingerprint density at radius 1 is 1.35 bits per heavy atom. The summed E-state index contributed by atoms with van der Waals surface area (Å²) in [5, 5.41) is 3.38. The number of nitrogens with one attached hydrogen (secondary N) is 1. The molecule has 1 saturated carbocycles. The van der Waals surface area contributed by atoms with E-state index in [-0.39, 0.29) is 11.8 Å². The van der Waals surface area contributed by atoms with Gasteiger partial charge in [0.1, 0.15) is 12.1 Å². The van der Waals surface area contributed by atoms with Gasteiger partial charge in [-0.15, -0.1) is 0 Å². The van der Waals surface area contributed by atoms with Crippen molar-refractivity contribution in [3.8, 4) is 0 Å². The zero-order chi connectivity index (χ0) is 12.3. The Hall–Kier alpha value is -1.65. The summed E-state index contributed by atoms with van der Waals surface area (Å²) in [6.45, 7) is 1.94. The molecule has 1 heterocycles. The molecule has 5 heteroatoms. The summed E-state index contributed by atoms with van der Waals surface area (Å²) in [6.07, 6.45) is 5.24. The van der Waals surface area contributed by atoms with Gasteiger partial charge in [0, 0.05) is 23.7 Å². The van der Waals surface area contributed by atoms with Gasteiger partial charge < -0.3 is 11.1 Å². The number of carbonyl (C=O) groups excluding carboxylic acids is 1. The number of aromatic nitrogens is 2. The Kier molecular flexibility index (Phi) is 3.56. The molecule has 0 spiro atoms. The van der Waals surface area contributed by atoms with Crippen LogP contribution in [0.4, 0.5) is 5.82 Å². The lowest BCUT2D eigenvalue weighted by atomic mass is 9.85. The lowest BCUT2D eigenvalue weighted by Crippen LogP contribution is -2.32. The van der Waals surface area contributed by atoms with E-state index in [1.54, 1.807) is 6.33 Å². The van der Waals surface area contributed by atoms with Crippen LogP contribution in [0.1, 0.15) is 31.4 Å². The van der Waals surface area contributed by atoms with E-state index in [1.807, 2.05) is 13.0 Å². The van der Waals surface area contributed by atoms with Gasteiger partial charge in [0.05, 0.1) is 0 Å². The van der Waals surface area contributed by atoms with Crippen LogP contribution >= 0.6 is 0 Å². The number of rotatable bonds is 3. The summed E-state index contributed by atoms with van der Waals surface area (Å²) in [4.78, 5) is 19.3. The van der Waals surface area contributed by atoms with Crippen molar-refractivity contribution in [1.82, 2.24) is 9.97 Å². The zero-order valence-electron chi connectivity index (χ0n) is 10.0. The molecule has 1 fully saturated rings. The van der Waals surface area contributed by atoms with Gasteiger partial charge >= 0.3 is 0 Å². The van der Waals surface area contributed by atoms with E-state index in [4.69, 9.17) is 5.73 Å². The summed E-state index contributed by atoms with van der Waals surface area (Å²) in [7, 11) is 0. The SMILES string of the molecule is Cc1cc(N[C@H]2CC[C@H](C(N)=O)CC2)ncn1. The van der Waals surface area contributed by atoms with Crippen LogP contribution in [0.2, 0.25) is 0 Å². The second kappa shape index (κ2) is 5.12. The van der Waals surface area contributed by atoms with Crippen LogP contribution in [-0.4, -0.2) is 21.9 Å². The first-order valence-corrected chi connectivity index (χ1v) is 5.99. The molecule has 0 bridgehead atoms. The minimum Gasteiger partial charge on any atom is -0.369 e. The molecule has 92 valence electrons. The number of nitrogens with zero attached hydrogens (tertiary/aromatic N) is 2. The van der Waals surface area contributed by atoms with Crippen LogP contribution in [0.25, 0.3) is 0 Å². The Labute approximate surface area is 101 Å². The smallest absolute Gasteiger partial charge is 0.220 e. The van der Waals surface area contributed by atoms with Crippen LogP contribution < -0.4 is 11.1 Å². The fourth-order valence-corrected chi connectivity index (χ4v) is 2.26. The summed E-state index contributed by atoms with van der Waals surface area (Å²) >= 11 is 0. The highest BCUT2D eigenvalue weighted by Crippen LogP contribution is 2.25. The third-order valence-electron chi connectivity index (χ3n) is 3.29. The molecular formula is C12H18N4O. The third kappa shape index (κ3) is 3.15. The maximum absolute atomic E-state index is 11.0. The summed E-state index contributed by atoms with van der Waals surface area (Å²) in [6, 6.07) is 2.32. The molecule has 3 N–H and O–H groups in total. The maximum atomic E-state index is 11.0. The molecule has 1 aliphatic carbocycles. The van der Waals surface area contributed by atoms with Crippen molar-refractivity contribution in [3.63, 3.8) is 0 Å². The van der Waals surface area contributed by atoms with Gasteiger partial charge in [0.15, 0.2) is 0 Å². The lowest BCUT2D eigenvalue weighted by molar-refractivity contribution is -0.122. The molecule has 1 aliphatic rings. The highest BCUT2D eigenvalue weighted by Gasteiger charge is 2.24. The molecule has 0 radical (unpaired) electrons. The molecule has 1 aromatic heterocycles. The van der Waals surface area contributed by atoms with Gasteiger partial charge in [-0.3, -0.25) is 4.79 Å². The predicted molar refractivity (Wildman–Crippen MR) is 65.3 cm³/mol. The summed E-state index contributed by atoms with van der Waals surface area (Å²) in [5.74, 6) is 0.751. The first-order chi connectivity index (χ1) is 8.15. The first kappa shape index (κ1) is 11.8. The molecule has 0 saturated heterocycles. The quantitative estimate of drug-likeness (QED) is 0.824. The predicted octanol–water partition coefficient (Wildman–Crippen LogP) is 1.24. The van der Waals surface area contributed by atoms with Crippen molar-refractivity contribution in [2.75, 3.05) is 5.32 Å². The number of hydrogen-bond donors (Lipinski definition) is 2. The van der Waals surface area contributed by atoms with Crippen LogP contribution in [0.3, 0.4) is 0 Å². The Balaban J connectivity index is 1.88. The van der Waals surface area contributed by atoms with Crippen molar-refractivity contribution in [2.45, 2.75) is 38.6 Å². The normalized spacial score (nSPS) is 24.3. The number of primary amides is 1. The van der Waals surface area contributed by atoms with Crippen molar-refractivity contribution in [1.29, 1.82) is 0 Å². The van der Waals surface area contributed by atoms with Gasteiger partial charge in [0.25, 0.3) is 0 Å². The molecule has 17 heavy (non-hydrogen) atoms. The van der Waals surface area contributed by atoms with E-state index in [0.717, 1.165) is 37.2 Å². The second-order valence-corrected chi connectivity index (χ2v) is 4.64. The number of amides is 1. The van der Waals surface area contributed by atoms with Crippen molar-refractivity contribution in [3.05, 3.63) is 18.1 Å². The van der Waals surface area contributed by atoms with E-state index in [1.165, 1.54) is 0 Å². The standard InChI is InChI=1S/C12H18N4O/c1-8-6-11(15-7-14-8)16-10-4-2-9(3-5-10)12(13)17/h6-7,9-10H,2-5H2,1H3,(H2,13,17)(H,14,15,16)/t9-,10-. The highest BCUT2D eigenvalue weighted by atomic mass is 16.1. The highest BCUT2D eigenvalue weighted by molar-refractivity contribution is 5.76. The number of carbonyl (C=O) groups is 1. The fraction of sp³-hybridized carbons (Fsp3) is 0.583. The molecular weight excluding hydrogens is 216 g/mol. The maximum Gasteiger partial charge on any atom is 0.220 e. The minimum atomic E-state index is -0.165. The summed E-state index contributed by atoms with van der Waals surface area (Å²) < 4.78 is 0.